The molecule has 7 aromatic carbocycles. The highest BCUT2D eigenvalue weighted by molar-refractivity contribution is 6.96. The van der Waals surface area contributed by atoms with E-state index in [0.717, 1.165) is 38.7 Å². The second-order valence-corrected chi connectivity index (χ2v) is 14.5. The summed E-state index contributed by atoms with van der Waals surface area (Å²) in [4.78, 5) is 2.10. The lowest BCUT2D eigenvalue weighted by atomic mass is 9.34. The smallest absolute Gasteiger partial charge is 0.242 e. The molecule has 0 bridgehead atoms. The molecule has 0 aromatic heterocycles. The molecule has 0 aliphatic heterocycles. The first-order valence-corrected chi connectivity index (χ1v) is 18.1. The Labute approximate surface area is 310 Å². The Morgan fingerprint density at radius 2 is 0.865 bits per heavy atom. The maximum Gasteiger partial charge on any atom is 0.242 e. The van der Waals surface area contributed by atoms with Crippen LogP contribution in [-0.4, -0.2) is 20.8 Å². The van der Waals surface area contributed by atoms with Crippen LogP contribution in [0.5, 0.6) is 0 Å². The van der Waals surface area contributed by atoms with Gasteiger partial charge >= 0.3 is 0 Å². The average Bonchev–Trinajstić information content (AvgIpc) is 3.11. The van der Waals surface area contributed by atoms with Gasteiger partial charge in [-0.2, -0.15) is 0 Å². The summed E-state index contributed by atoms with van der Waals surface area (Å²) < 4.78 is 0. The summed E-state index contributed by atoms with van der Waals surface area (Å²) >= 11 is 0. The highest BCUT2D eigenvalue weighted by Crippen LogP contribution is 2.28. The largest absolute Gasteiger partial charge is 0.378 e. The Bertz CT molecular complexity index is 2500. The minimum absolute atomic E-state index is 0.143. The fourth-order valence-corrected chi connectivity index (χ4v) is 7.92. The number of nitrogens with zero attached hydrogens (tertiary/aromatic N) is 1. The van der Waals surface area contributed by atoms with Crippen LogP contribution >= 0.6 is 0 Å². The highest BCUT2D eigenvalue weighted by Gasteiger charge is 2.28. The van der Waals surface area contributed by atoms with E-state index in [1.54, 1.807) is 0 Å². The van der Waals surface area contributed by atoms with Gasteiger partial charge in [0.15, 0.2) is 0 Å². The van der Waals surface area contributed by atoms with Gasteiger partial charge in [-0.25, -0.2) is 0 Å². The molecule has 0 N–H and O–H groups in total. The van der Waals surface area contributed by atoms with Gasteiger partial charge in [0.1, 0.15) is 0 Å². The molecule has 0 heterocycles. The average molecular weight is 670 g/mol. The van der Waals surface area contributed by atoms with Crippen molar-refractivity contribution in [3.05, 3.63) is 177 Å². The number of benzene rings is 7. The first-order chi connectivity index (χ1) is 25.0. The summed E-state index contributed by atoms with van der Waals surface area (Å²) in [6.45, 7) is 13.5. The van der Waals surface area contributed by atoms with Crippen LogP contribution in [0, 0.1) is 65.2 Å². The molecule has 0 unspecified atom stereocenters. The maximum atomic E-state index is 3.53. The zero-order valence-electron chi connectivity index (χ0n) is 31.6. The summed E-state index contributed by atoms with van der Waals surface area (Å²) in [5.41, 5.74) is 17.2. The molecule has 2 heteroatoms. The van der Waals surface area contributed by atoms with Crippen LogP contribution in [0.3, 0.4) is 0 Å². The number of anilines is 1. The van der Waals surface area contributed by atoms with Crippen LogP contribution < -0.4 is 21.3 Å². The van der Waals surface area contributed by atoms with Crippen LogP contribution in [0.25, 0.3) is 21.5 Å². The number of hydrogen-bond donors (Lipinski definition) is 0. The summed E-state index contributed by atoms with van der Waals surface area (Å²) in [5.74, 6) is 13.9. The zero-order valence-corrected chi connectivity index (χ0v) is 31.6. The Balaban J connectivity index is 1.25. The van der Waals surface area contributed by atoms with Gasteiger partial charge in [0.2, 0.25) is 6.71 Å². The monoisotopic (exact) mass is 669 g/mol. The molecule has 0 fully saturated rings. The van der Waals surface area contributed by atoms with Crippen molar-refractivity contribution in [2.24, 2.45) is 0 Å². The predicted molar refractivity (Wildman–Crippen MR) is 227 cm³/mol. The van der Waals surface area contributed by atoms with Crippen molar-refractivity contribution in [3.63, 3.8) is 0 Å². The molecular weight excluding hydrogens is 625 g/mol. The van der Waals surface area contributed by atoms with Crippen LogP contribution in [-0.2, 0) is 0 Å². The van der Waals surface area contributed by atoms with Gasteiger partial charge in [0.25, 0.3) is 0 Å². The number of rotatable bonds is 4. The van der Waals surface area contributed by atoms with Crippen molar-refractivity contribution in [3.8, 4) is 23.7 Å². The minimum Gasteiger partial charge on any atom is -0.378 e. The van der Waals surface area contributed by atoms with Gasteiger partial charge in [-0.1, -0.05) is 134 Å². The zero-order chi connectivity index (χ0) is 36.5. The summed E-state index contributed by atoms with van der Waals surface area (Å²) in [6, 6.07) is 43.9. The molecule has 1 nitrogen and oxygen atoms in total. The lowest BCUT2D eigenvalue weighted by molar-refractivity contribution is 1.13. The van der Waals surface area contributed by atoms with E-state index in [2.05, 4.69) is 191 Å². The predicted octanol–water partition coefficient (Wildman–Crippen LogP) is 9.23. The molecule has 0 radical (unpaired) electrons. The van der Waals surface area contributed by atoms with E-state index in [1.165, 1.54) is 60.5 Å². The third kappa shape index (κ3) is 6.99. The molecule has 0 spiro atoms. The molecule has 0 aliphatic rings. The van der Waals surface area contributed by atoms with Crippen LogP contribution in [0.2, 0.25) is 0 Å². The van der Waals surface area contributed by atoms with Crippen LogP contribution in [0.15, 0.2) is 121 Å². The Hall–Kier alpha value is -5.96. The van der Waals surface area contributed by atoms with Crippen molar-refractivity contribution in [1.82, 2.24) is 0 Å². The summed E-state index contributed by atoms with van der Waals surface area (Å²) in [6.07, 6.45) is 0. The third-order valence-corrected chi connectivity index (χ3v) is 10.2. The second kappa shape index (κ2) is 14.3. The molecule has 52 heavy (non-hydrogen) atoms. The fourth-order valence-electron chi connectivity index (χ4n) is 7.92. The van der Waals surface area contributed by atoms with E-state index in [-0.39, 0.29) is 6.71 Å². The lowest BCUT2D eigenvalue weighted by Crippen LogP contribution is -2.55. The Kier molecular flexibility index (Phi) is 9.52. The van der Waals surface area contributed by atoms with Crippen molar-refractivity contribution >= 4 is 50.3 Å². The first-order valence-electron chi connectivity index (χ1n) is 18.1. The maximum absolute atomic E-state index is 3.53. The Morgan fingerprint density at radius 3 is 1.29 bits per heavy atom. The minimum atomic E-state index is 0.143. The molecule has 0 atom stereocenters. The van der Waals surface area contributed by atoms with Crippen molar-refractivity contribution in [2.75, 3.05) is 19.0 Å². The Morgan fingerprint density at radius 1 is 0.442 bits per heavy atom. The fraction of sp³-hybridized carbons (Fsp3) is 0.160. The quantitative estimate of drug-likeness (QED) is 0.103. The highest BCUT2D eigenvalue weighted by atomic mass is 15.1. The van der Waals surface area contributed by atoms with Crippen molar-refractivity contribution in [1.29, 1.82) is 0 Å². The molecular formula is C50H44BN. The normalized spacial score (nSPS) is 10.8. The van der Waals surface area contributed by atoms with Crippen LogP contribution in [0.1, 0.15) is 55.6 Å². The van der Waals surface area contributed by atoms with Crippen molar-refractivity contribution in [2.45, 2.75) is 41.5 Å². The SMILES string of the molecule is Cc1cc(C)c(B(c2ccc(C#Cc3cccc4cc5cccc(C#Cc6ccc(N(C)C)cc6)c5cc34)cc2)c2c(C)cc(C)cc2C)c(C)c1. The standard InChI is InChI=1S/C50H44BN/c1-33-27-35(3)49(36(4)28-33)51(50-37(5)29-34(2)30-38(50)6)45-23-17-39(18-24-45)15-21-41-11-9-13-43-31-44-14-10-12-42(48(44)32-47(41)43)22-16-40-19-25-46(26-20-40)52(7)8/h9-14,17-20,23-32H,1-8H3. The van der Waals surface area contributed by atoms with E-state index < -0.39 is 0 Å². The molecule has 0 saturated heterocycles. The molecule has 7 rings (SSSR count). The van der Waals surface area contributed by atoms with Gasteiger partial charge < -0.3 is 4.90 Å². The molecule has 252 valence electrons. The van der Waals surface area contributed by atoms with Gasteiger partial charge in [-0.05, 0) is 124 Å². The molecule has 7 aromatic rings. The molecule has 0 aliphatic carbocycles. The van der Waals surface area contributed by atoms with Crippen LogP contribution in [0.4, 0.5) is 5.69 Å². The summed E-state index contributed by atoms with van der Waals surface area (Å²) in [7, 11) is 4.10. The van der Waals surface area contributed by atoms with E-state index in [9.17, 15) is 0 Å². The van der Waals surface area contributed by atoms with Gasteiger partial charge in [0.05, 0.1) is 0 Å². The van der Waals surface area contributed by atoms with E-state index in [4.69, 9.17) is 0 Å². The van der Waals surface area contributed by atoms with E-state index in [1.807, 2.05) is 14.1 Å². The lowest BCUT2D eigenvalue weighted by Gasteiger charge is -2.24. The first kappa shape index (κ1) is 34.5. The van der Waals surface area contributed by atoms with Gasteiger partial charge in [0, 0.05) is 42.0 Å². The van der Waals surface area contributed by atoms with E-state index in [0.29, 0.717) is 0 Å². The molecule has 0 amide bonds. The second-order valence-electron chi connectivity index (χ2n) is 14.5. The van der Waals surface area contributed by atoms with Gasteiger partial charge in [-0.3, -0.25) is 0 Å². The van der Waals surface area contributed by atoms with Gasteiger partial charge in [-0.15, -0.1) is 0 Å². The molecule has 0 saturated carbocycles. The summed E-state index contributed by atoms with van der Waals surface area (Å²) in [5, 5.41) is 4.63. The number of hydrogen-bond acceptors (Lipinski definition) is 1. The van der Waals surface area contributed by atoms with E-state index >= 15 is 0 Å². The topological polar surface area (TPSA) is 3.24 Å². The van der Waals surface area contributed by atoms with Crippen molar-refractivity contribution < 1.29 is 0 Å². The number of fused-ring (bicyclic) bond motifs is 2. The third-order valence-electron chi connectivity index (χ3n) is 10.2. The number of aryl methyl sites for hydroxylation is 6.